The molecule has 4 heteroatoms. The maximum absolute atomic E-state index is 6.16. The van der Waals surface area contributed by atoms with Crippen molar-refractivity contribution in [2.45, 2.75) is 0 Å². The number of benzene rings is 2. The van der Waals surface area contributed by atoms with Gasteiger partial charge in [0.25, 0.3) is 0 Å². The summed E-state index contributed by atoms with van der Waals surface area (Å²) < 4.78 is 0. The molecular weight excluding hydrogens is 246 g/mol. The van der Waals surface area contributed by atoms with Crippen LogP contribution in [0.4, 0.5) is 17.1 Å². The fourth-order valence-corrected chi connectivity index (χ4v) is 1.87. The third-order valence-electron chi connectivity index (χ3n) is 2.45. The summed E-state index contributed by atoms with van der Waals surface area (Å²) in [4.78, 5) is 1.96. The van der Waals surface area contributed by atoms with Crippen molar-refractivity contribution < 1.29 is 0 Å². The van der Waals surface area contributed by atoms with Crippen molar-refractivity contribution in [2.24, 2.45) is 10.2 Å². The van der Waals surface area contributed by atoms with Crippen molar-refractivity contribution in [3.63, 3.8) is 0 Å². The zero-order chi connectivity index (χ0) is 13.0. The van der Waals surface area contributed by atoms with Gasteiger partial charge in [0, 0.05) is 14.1 Å². The Morgan fingerprint density at radius 3 is 2.17 bits per heavy atom. The first-order chi connectivity index (χ1) is 8.66. The first kappa shape index (κ1) is 12.6. The summed E-state index contributed by atoms with van der Waals surface area (Å²) in [5.41, 5.74) is 2.54. The summed E-state index contributed by atoms with van der Waals surface area (Å²) in [5.74, 6) is 0. The molecule has 0 fully saturated rings. The highest BCUT2D eigenvalue weighted by atomic mass is 35.5. The van der Waals surface area contributed by atoms with E-state index in [1.165, 1.54) is 0 Å². The Bertz CT molecular complexity index is 550. The molecule has 0 aliphatic heterocycles. The SMILES string of the molecule is CN(C)c1ccc(N=Nc2ccccc2)cc1Cl. The lowest BCUT2D eigenvalue weighted by Gasteiger charge is -2.13. The normalized spacial score (nSPS) is 10.8. The summed E-state index contributed by atoms with van der Waals surface area (Å²) in [6, 6.07) is 15.2. The van der Waals surface area contributed by atoms with Crippen LogP contribution in [0.1, 0.15) is 0 Å². The molecule has 2 aromatic carbocycles. The minimum atomic E-state index is 0.671. The molecule has 92 valence electrons. The molecule has 0 aromatic heterocycles. The molecule has 2 aromatic rings. The summed E-state index contributed by atoms with van der Waals surface area (Å²) in [5, 5.41) is 8.98. The maximum Gasteiger partial charge on any atom is 0.0873 e. The van der Waals surface area contributed by atoms with Gasteiger partial charge in [-0.3, -0.25) is 0 Å². The molecule has 0 saturated carbocycles. The number of nitrogens with zero attached hydrogens (tertiary/aromatic N) is 3. The highest BCUT2D eigenvalue weighted by Gasteiger charge is 2.02. The first-order valence-electron chi connectivity index (χ1n) is 5.60. The van der Waals surface area contributed by atoms with Gasteiger partial charge < -0.3 is 4.90 Å². The summed E-state index contributed by atoms with van der Waals surface area (Å²) in [6.07, 6.45) is 0. The van der Waals surface area contributed by atoms with Gasteiger partial charge in [0.15, 0.2) is 0 Å². The van der Waals surface area contributed by atoms with Crippen molar-refractivity contribution in [2.75, 3.05) is 19.0 Å². The molecule has 2 rings (SSSR count). The van der Waals surface area contributed by atoms with Crippen LogP contribution in [-0.4, -0.2) is 14.1 Å². The number of azo groups is 1. The molecule has 0 bridgehead atoms. The third kappa shape index (κ3) is 3.08. The van der Waals surface area contributed by atoms with E-state index in [0.29, 0.717) is 5.02 Å². The van der Waals surface area contributed by atoms with Crippen LogP contribution < -0.4 is 4.90 Å². The smallest absolute Gasteiger partial charge is 0.0873 e. The summed E-state index contributed by atoms with van der Waals surface area (Å²) in [6.45, 7) is 0. The van der Waals surface area contributed by atoms with E-state index >= 15 is 0 Å². The van der Waals surface area contributed by atoms with Gasteiger partial charge in [0.1, 0.15) is 0 Å². The van der Waals surface area contributed by atoms with E-state index in [4.69, 9.17) is 11.6 Å². The summed E-state index contributed by atoms with van der Waals surface area (Å²) in [7, 11) is 3.90. The predicted octanol–water partition coefficient (Wildman–Crippen LogP) is 4.82. The van der Waals surface area contributed by atoms with Crippen LogP contribution in [0.25, 0.3) is 0 Å². The van der Waals surface area contributed by atoms with Gasteiger partial charge in [-0.2, -0.15) is 10.2 Å². The Morgan fingerprint density at radius 2 is 1.56 bits per heavy atom. The first-order valence-corrected chi connectivity index (χ1v) is 5.98. The van der Waals surface area contributed by atoms with Gasteiger partial charge >= 0.3 is 0 Å². The highest BCUT2D eigenvalue weighted by molar-refractivity contribution is 6.33. The van der Waals surface area contributed by atoms with E-state index < -0.39 is 0 Å². The number of hydrogen-bond donors (Lipinski definition) is 0. The Hall–Kier alpha value is -1.87. The standard InChI is InChI=1S/C14H14ClN3/c1-18(2)14-9-8-12(10-13(14)15)17-16-11-6-4-3-5-7-11/h3-10H,1-2H3. The largest absolute Gasteiger partial charge is 0.376 e. The van der Waals surface area contributed by atoms with Crippen LogP contribution in [0.2, 0.25) is 5.02 Å². The number of rotatable bonds is 3. The van der Waals surface area contributed by atoms with Gasteiger partial charge in [-0.05, 0) is 30.3 Å². The van der Waals surface area contributed by atoms with Crippen LogP contribution in [0, 0.1) is 0 Å². The zero-order valence-corrected chi connectivity index (χ0v) is 11.1. The monoisotopic (exact) mass is 259 g/mol. The maximum atomic E-state index is 6.16. The second kappa shape index (κ2) is 5.65. The van der Waals surface area contributed by atoms with Gasteiger partial charge in [-0.15, -0.1) is 0 Å². The Balaban J connectivity index is 2.21. The van der Waals surface area contributed by atoms with Crippen molar-refractivity contribution in [3.8, 4) is 0 Å². The fourth-order valence-electron chi connectivity index (χ4n) is 1.53. The molecule has 0 amide bonds. The zero-order valence-electron chi connectivity index (χ0n) is 10.3. The van der Waals surface area contributed by atoms with E-state index in [1.807, 2.05) is 67.5 Å². The van der Waals surface area contributed by atoms with Crippen molar-refractivity contribution in [3.05, 3.63) is 53.6 Å². The molecule has 3 nitrogen and oxygen atoms in total. The molecule has 0 aliphatic carbocycles. The number of anilines is 1. The van der Waals surface area contributed by atoms with Crippen LogP contribution in [-0.2, 0) is 0 Å². The predicted molar refractivity (Wildman–Crippen MR) is 76.4 cm³/mol. The molecule has 0 saturated heterocycles. The molecule has 0 radical (unpaired) electrons. The third-order valence-corrected chi connectivity index (χ3v) is 2.75. The van der Waals surface area contributed by atoms with Crippen molar-refractivity contribution in [1.82, 2.24) is 0 Å². The minimum absolute atomic E-state index is 0.671. The van der Waals surface area contributed by atoms with Gasteiger partial charge in [-0.1, -0.05) is 29.8 Å². The lowest BCUT2D eigenvalue weighted by atomic mass is 10.3. The fraction of sp³-hybridized carbons (Fsp3) is 0.143. The van der Waals surface area contributed by atoms with E-state index in [2.05, 4.69) is 10.2 Å². The number of halogens is 1. The highest BCUT2D eigenvalue weighted by Crippen LogP contribution is 2.29. The molecule has 0 aliphatic rings. The molecule has 0 atom stereocenters. The van der Waals surface area contributed by atoms with Gasteiger partial charge in [0.05, 0.1) is 22.1 Å². The van der Waals surface area contributed by atoms with E-state index in [0.717, 1.165) is 17.1 Å². The Kier molecular flexibility index (Phi) is 3.95. The average Bonchev–Trinajstić information content (AvgIpc) is 2.37. The van der Waals surface area contributed by atoms with E-state index in [1.54, 1.807) is 0 Å². The summed E-state index contributed by atoms with van der Waals surface area (Å²) >= 11 is 6.16. The Morgan fingerprint density at radius 1 is 0.889 bits per heavy atom. The molecule has 18 heavy (non-hydrogen) atoms. The van der Waals surface area contributed by atoms with E-state index in [9.17, 15) is 0 Å². The van der Waals surface area contributed by atoms with Gasteiger partial charge in [0.2, 0.25) is 0 Å². The second-order valence-electron chi connectivity index (χ2n) is 4.07. The molecule has 0 spiro atoms. The lowest BCUT2D eigenvalue weighted by molar-refractivity contribution is 1.13. The molecule has 0 heterocycles. The van der Waals surface area contributed by atoms with Crippen LogP contribution in [0.3, 0.4) is 0 Å². The van der Waals surface area contributed by atoms with Gasteiger partial charge in [-0.25, -0.2) is 0 Å². The van der Waals surface area contributed by atoms with Crippen LogP contribution in [0.5, 0.6) is 0 Å². The van der Waals surface area contributed by atoms with Crippen LogP contribution in [0.15, 0.2) is 58.8 Å². The topological polar surface area (TPSA) is 28.0 Å². The second-order valence-corrected chi connectivity index (χ2v) is 4.47. The Labute approximate surface area is 112 Å². The molecule has 0 unspecified atom stereocenters. The average molecular weight is 260 g/mol. The quantitative estimate of drug-likeness (QED) is 0.726. The molecule has 0 N–H and O–H groups in total. The van der Waals surface area contributed by atoms with Crippen molar-refractivity contribution in [1.29, 1.82) is 0 Å². The van der Waals surface area contributed by atoms with Crippen molar-refractivity contribution >= 4 is 28.7 Å². The number of hydrogen-bond acceptors (Lipinski definition) is 3. The minimum Gasteiger partial charge on any atom is -0.376 e. The van der Waals surface area contributed by atoms with Crippen LogP contribution >= 0.6 is 11.6 Å². The lowest BCUT2D eigenvalue weighted by Crippen LogP contribution is -2.08. The van der Waals surface area contributed by atoms with E-state index in [-0.39, 0.29) is 0 Å². The molecular formula is C14H14ClN3.